The van der Waals surface area contributed by atoms with E-state index < -0.39 is 65.3 Å². The normalized spacial score (nSPS) is 25.6. The van der Waals surface area contributed by atoms with Crippen molar-refractivity contribution < 1.29 is 33.8 Å². The zero-order valence-electron chi connectivity index (χ0n) is 29.7. The first kappa shape index (κ1) is 36.7. The van der Waals surface area contributed by atoms with Crippen molar-refractivity contribution in [2.45, 2.75) is 136 Å². The predicted octanol–water partition coefficient (Wildman–Crippen LogP) is 2.52. The van der Waals surface area contributed by atoms with Crippen LogP contribution in [0.2, 0.25) is 0 Å². The molecule has 0 aromatic carbocycles. The van der Waals surface area contributed by atoms with Gasteiger partial charge >= 0.3 is 5.97 Å². The molecule has 4 N–H and O–H groups in total. The van der Waals surface area contributed by atoms with E-state index >= 15 is 0 Å². The first-order valence-electron chi connectivity index (χ1n) is 18.0. The molecule has 2 heterocycles. The standard InChI is InChI=1S/C36H54N6O7/c1-7-11-23(28(43)32(46)39-21-14-15-21)40-31(45)27-25-22(36(25,5)6)19-42(27)33(47)29(35(2,3)4)49-34(48)26(20-12-9-8-10-13-20)41-30(44)24-18-37-16-17-38-24/h16-18,20-23,25-29,43H,7-15,19H2,1-6H3,(H,39,46)(H,40,45)(H,41,44)/t22-,23-,25-,26-,27-,28?,29+/m0/s1. The summed E-state index contributed by atoms with van der Waals surface area (Å²) < 4.78 is 6.10. The SMILES string of the molecule is CCC[C@H](NC(=O)[C@@H]1[C@@H]2[C@H](CN1C(=O)[C@@H](OC(=O)[C@@H](NC(=O)c1cnccn1)C1CCCCC1)C(C)(C)C)C2(C)C)C(O)C(=O)NC1CC1. The molecule has 1 saturated heterocycles. The average Bonchev–Trinajstić information content (AvgIpc) is 3.92. The maximum absolute atomic E-state index is 14.5. The Bertz CT molecular complexity index is 1390. The molecular weight excluding hydrogens is 628 g/mol. The van der Waals surface area contributed by atoms with Gasteiger partial charge in [-0.2, -0.15) is 0 Å². The lowest BCUT2D eigenvalue weighted by Gasteiger charge is -2.38. The fourth-order valence-corrected chi connectivity index (χ4v) is 7.80. The van der Waals surface area contributed by atoms with Crippen molar-refractivity contribution in [1.82, 2.24) is 30.8 Å². The van der Waals surface area contributed by atoms with E-state index in [2.05, 4.69) is 39.8 Å². The largest absolute Gasteiger partial charge is 0.450 e. The van der Waals surface area contributed by atoms with Gasteiger partial charge in [-0.15, -0.1) is 0 Å². The van der Waals surface area contributed by atoms with E-state index in [4.69, 9.17) is 4.74 Å². The lowest BCUT2D eigenvalue weighted by atomic mass is 9.83. The van der Waals surface area contributed by atoms with E-state index in [1.165, 1.54) is 23.5 Å². The topological polar surface area (TPSA) is 180 Å². The summed E-state index contributed by atoms with van der Waals surface area (Å²) in [6.07, 6.45) is 8.60. The highest BCUT2D eigenvalue weighted by molar-refractivity contribution is 5.96. The highest BCUT2D eigenvalue weighted by atomic mass is 16.6. The number of aromatic nitrogens is 2. The molecule has 13 heteroatoms. The lowest BCUT2D eigenvalue weighted by molar-refractivity contribution is -0.172. The maximum atomic E-state index is 14.5. The summed E-state index contributed by atoms with van der Waals surface area (Å²) in [5, 5.41) is 19.5. The number of nitrogens with one attached hydrogen (secondary N) is 3. The summed E-state index contributed by atoms with van der Waals surface area (Å²) in [7, 11) is 0. The number of likely N-dealkylation sites (tertiary alicyclic amines) is 1. The first-order chi connectivity index (χ1) is 23.1. The number of rotatable bonds is 13. The van der Waals surface area contributed by atoms with Crippen molar-refractivity contribution in [1.29, 1.82) is 0 Å². The van der Waals surface area contributed by atoms with Gasteiger partial charge in [0.1, 0.15) is 17.8 Å². The second-order valence-electron chi connectivity index (χ2n) is 16.1. The number of piperidine rings is 1. The molecule has 4 fully saturated rings. The van der Waals surface area contributed by atoms with E-state index in [1.54, 1.807) is 20.8 Å². The van der Waals surface area contributed by atoms with Crippen LogP contribution in [-0.4, -0.2) is 92.5 Å². The maximum Gasteiger partial charge on any atom is 0.329 e. The van der Waals surface area contributed by atoms with Crippen molar-refractivity contribution in [3.63, 3.8) is 0 Å². The lowest BCUT2D eigenvalue weighted by Crippen LogP contribution is -2.59. The molecule has 3 aliphatic carbocycles. The molecule has 0 spiro atoms. The second-order valence-corrected chi connectivity index (χ2v) is 16.1. The third kappa shape index (κ3) is 8.24. The van der Waals surface area contributed by atoms with Crippen LogP contribution in [-0.2, 0) is 23.9 Å². The molecule has 4 amide bonds. The Morgan fingerprint density at radius 3 is 2.33 bits per heavy atom. The molecule has 0 bridgehead atoms. The molecule has 1 aromatic rings. The van der Waals surface area contributed by atoms with E-state index in [0.717, 1.165) is 44.9 Å². The number of carbonyl (C=O) groups is 5. The Kier molecular flexibility index (Phi) is 11.0. The molecule has 49 heavy (non-hydrogen) atoms. The number of fused-ring (bicyclic) bond motifs is 1. The van der Waals surface area contributed by atoms with Crippen molar-refractivity contribution in [2.24, 2.45) is 28.6 Å². The van der Waals surface area contributed by atoms with E-state index in [0.29, 0.717) is 19.4 Å². The minimum Gasteiger partial charge on any atom is -0.450 e. The van der Waals surface area contributed by atoms with Crippen molar-refractivity contribution >= 4 is 29.6 Å². The molecule has 1 aliphatic heterocycles. The van der Waals surface area contributed by atoms with Crippen LogP contribution < -0.4 is 16.0 Å². The van der Waals surface area contributed by atoms with Gasteiger partial charge in [-0.3, -0.25) is 24.2 Å². The van der Waals surface area contributed by atoms with Gasteiger partial charge in [0.2, 0.25) is 5.91 Å². The van der Waals surface area contributed by atoms with Gasteiger partial charge in [0.25, 0.3) is 17.7 Å². The molecule has 7 atom stereocenters. The van der Waals surface area contributed by atoms with Crippen LogP contribution >= 0.6 is 0 Å². The van der Waals surface area contributed by atoms with Gasteiger partial charge in [0, 0.05) is 30.4 Å². The number of esters is 1. The van der Waals surface area contributed by atoms with Gasteiger partial charge in [-0.05, 0) is 55.3 Å². The number of hydrogen-bond acceptors (Lipinski definition) is 9. The third-order valence-corrected chi connectivity index (χ3v) is 11.0. The van der Waals surface area contributed by atoms with Gasteiger partial charge < -0.3 is 30.7 Å². The molecule has 270 valence electrons. The van der Waals surface area contributed by atoms with Crippen LogP contribution in [0.1, 0.15) is 110 Å². The quantitative estimate of drug-likeness (QED) is 0.228. The first-order valence-corrected chi connectivity index (χ1v) is 18.0. The van der Waals surface area contributed by atoms with Crippen molar-refractivity contribution in [3.8, 4) is 0 Å². The zero-order chi connectivity index (χ0) is 35.7. The number of carbonyl (C=O) groups excluding carboxylic acids is 5. The molecule has 1 unspecified atom stereocenters. The highest BCUT2D eigenvalue weighted by Crippen LogP contribution is 2.65. The van der Waals surface area contributed by atoms with Crippen LogP contribution in [0.25, 0.3) is 0 Å². The van der Waals surface area contributed by atoms with Gasteiger partial charge in [-0.1, -0.05) is 67.2 Å². The van der Waals surface area contributed by atoms with Crippen LogP contribution in [0.4, 0.5) is 0 Å². The fraction of sp³-hybridized carbons (Fsp3) is 0.750. The van der Waals surface area contributed by atoms with Crippen molar-refractivity contribution in [3.05, 3.63) is 24.3 Å². The summed E-state index contributed by atoms with van der Waals surface area (Å²) in [5.74, 6) is -2.90. The zero-order valence-corrected chi connectivity index (χ0v) is 29.7. The number of ether oxygens (including phenoxy) is 1. The molecule has 3 saturated carbocycles. The summed E-state index contributed by atoms with van der Waals surface area (Å²) in [6, 6.07) is -2.61. The van der Waals surface area contributed by atoms with Crippen LogP contribution in [0, 0.1) is 28.6 Å². The Labute approximate surface area is 289 Å². The average molecular weight is 683 g/mol. The molecule has 1 aromatic heterocycles. The van der Waals surface area contributed by atoms with Crippen LogP contribution in [0.5, 0.6) is 0 Å². The smallest absolute Gasteiger partial charge is 0.329 e. The van der Waals surface area contributed by atoms with Crippen LogP contribution in [0.3, 0.4) is 0 Å². The minimum atomic E-state index is -1.42. The summed E-state index contributed by atoms with van der Waals surface area (Å²) in [4.78, 5) is 78.0. The fourth-order valence-electron chi connectivity index (χ4n) is 7.80. The highest BCUT2D eigenvalue weighted by Gasteiger charge is 2.70. The van der Waals surface area contributed by atoms with Gasteiger partial charge in [0.15, 0.2) is 12.2 Å². The molecule has 13 nitrogen and oxygen atoms in total. The number of aliphatic hydroxyl groups is 1. The molecular formula is C36H54N6O7. The second kappa shape index (κ2) is 14.7. The number of nitrogens with zero attached hydrogens (tertiary/aromatic N) is 3. The molecule has 0 radical (unpaired) electrons. The van der Waals surface area contributed by atoms with E-state index in [9.17, 15) is 29.1 Å². The van der Waals surface area contributed by atoms with Crippen molar-refractivity contribution in [2.75, 3.05) is 6.54 Å². The Balaban J connectivity index is 1.35. The molecule has 5 rings (SSSR count). The van der Waals surface area contributed by atoms with Gasteiger partial charge in [0.05, 0.1) is 12.2 Å². The Morgan fingerprint density at radius 1 is 1.04 bits per heavy atom. The summed E-state index contributed by atoms with van der Waals surface area (Å²) in [5.41, 5.74) is -0.959. The summed E-state index contributed by atoms with van der Waals surface area (Å²) >= 11 is 0. The Morgan fingerprint density at radius 2 is 1.73 bits per heavy atom. The minimum absolute atomic E-state index is 0.0613. The Hall–Kier alpha value is -3.61. The predicted molar refractivity (Wildman–Crippen MR) is 179 cm³/mol. The molecule has 4 aliphatic rings. The summed E-state index contributed by atoms with van der Waals surface area (Å²) in [6.45, 7) is 11.8. The van der Waals surface area contributed by atoms with Crippen LogP contribution in [0.15, 0.2) is 18.6 Å². The monoisotopic (exact) mass is 682 g/mol. The van der Waals surface area contributed by atoms with E-state index in [-0.39, 0.29) is 34.9 Å². The number of aliphatic hydroxyl groups excluding tert-OH is 1. The third-order valence-electron chi connectivity index (χ3n) is 11.0. The number of hydrogen-bond donors (Lipinski definition) is 4. The van der Waals surface area contributed by atoms with Gasteiger partial charge in [-0.25, -0.2) is 9.78 Å². The number of amides is 4. The van der Waals surface area contributed by atoms with E-state index in [1.807, 2.05) is 6.92 Å².